The molecule has 6 nitrogen and oxygen atoms in total. The minimum absolute atomic E-state index is 0.126. The summed E-state index contributed by atoms with van der Waals surface area (Å²) in [5, 5.41) is 3.59. The smallest absolute Gasteiger partial charge is 0.410 e. The van der Waals surface area contributed by atoms with Gasteiger partial charge in [0.1, 0.15) is 5.60 Å². The molecule has 0 spiro atoms. The Labute approximate surface area is 219 Å². The number of nitrogens with one attached hydrogen (secondary N) is 1. The number of ether oxygens (including phenoxy) is 1. The van der Waals surface area contributed by atoms with Crippen molar-refractivity contribution in [3.63, 3.8) is 0 Å². The van der Waals surface area contributed by atoms with E-state index in [0.29, 0.717) is 49.2 Å². The van der Waals surface area contributed by atoms with E-state index >= 15 is 0 Å². The molecule has 0 aliphatic carbocycles. The van der Waals surface area contributed by atoms with Crippen molar-refractivity contribution in [3.05, 3.63) is 70.3 Å². The lowest BCUT2D eigenvalue weighted by Gasteiger charge is -2.33. The van der Waals surface area contributed by atoms with Crippen molar-refractivity contribution in [1.82, 2.24) is 9.80 Å². The van der Waals surface area contributed by atoms with Gasteiger partial charge in [-0.25, -0.2) is 9.59 Å². The highest BCUT2D eigenvalue weighted by Gasteiger charge is 2.27. The Hall–Kier alpha value is -2.99. The molecule has 2 aromatic rings. The Balaban J connectivity index is 1.40. The second kappa shape index (κ2) is 11.0. The molecule has 1 saturated heterocycles. The number of carbonyl (C=O) groups excluding carboxylic acids is 2. The van der Waals surface area contributed by atoms with E-state index in [1.807, 2.05) is 43.9 Å². The summed E-state index contributed by atoms with van der Waals surface area (Å²) < 4.78 is 5.50. The van der Waals surface area contributed by atoms with Gasteiger partial charge in [0.25, 0.3) is 0 Å². The molecule has 0 saturated carbocycles. The predicted octanol–water partition coefficient (Wildman–Crippen LogP) is 7.08. The van der Waals surface area contributed by atoms with Gasteiger partial charge in [-0.15, -0.1) is 0 Å². The lowest BCUT2D eigenvalue weighted by molar-refractivity contribution is 0.0270. The maximum atomic E-state index is 13.2. The second-order valence-corrected chi connectivity index (χ2v) is 11.1. The number of urea groups is 1. The molecule has 0 aromatic heterocycles. The molecular formula is C29H36ClN3O3. The molecule has 2 aromatic carbocycles. The van der Waals surface area contributed by atoms with Crippen LogP contribution in [0.25, 0.3) is 5.57 Å². The van der Waals surface area contributed by atoms with E-state index in [2.05, 4.69) is 36.5 Å². The quantitative estimate of drug-likeness (QED) is 0.480. The topological polar surface area (TPSA) is 61.9 Å². The van der Waals surface area contributed by atoms with E-state index in [0.717, 1.165) is 24.0 Å². The highest BCUT2D eigenvalue weighted by molar-refractivity contribution is 6.34. The van der Waals surface area contributed by atoms with Gasteiger partial charge in [0, 0.05) is 31.7 Å². The summed E-state index contributed by atoms with van der Waals surface area (Å²) in [5.74, 6) is 0.478. The number of hydrogen-bond donors (Lipinski definition) is 1. The average Bonchev–Trinajstić information content (AvgIpc) is 2.85. The van der Waals surface area contributed by atoms with E-state index in [1.54, 1.807) is 11.0 Å². The lowest BCUT2D eigenvalue weighted by Crippen LogP contribution is -2.41. The largest absolute Gasteiger partial charge is 0.444 e. The fourth-order valence-electron chi connectivity index (χ4n) is 4.77. The van der Waals surface area contributed by atoms with Gasteiger partial charge in [-0.2, -0.15) is 0 Å². The van der Waals surface area contributed by atoms with Crippen molar-refractivity contribution in [2.75, 3.05) is 31.5 Å². The summed E-state index contributed by atoms with van der Waals surface area (Å²) in [6, 6.07) is 14.2. The third-order valence-corrected chi connectivity index (χ3v) is 7.10. The Morgan fingerprint density at radius 1 is 1.00 bits per heavy atom. The molecule has 0 bridgehead atoms. The summed E-state index contributed by atoms with van der Waals surface area (Å²) >= 11 is 6.55. The fourth-order valence-corrected chi connectivity index (χ4v) is 4.99. The number of anilines is 1. The average molecular weight is 510 g/mol. The van der Waals surface area contributed by atoms with Crippen molar-refractivity contribution in [2.45, 2.75) is 58.5 Å². The van der Waals surface area contributed by atoms with E-state index < -0.39 is 5.60 Å². The van der Waals surface area contributed by atoms with E-state index in [-0.39, 0.29) is 12.1 Å². The van der Waals surface area contributed by atoms with Crippen molar-refractivity contribution in [2.24, 2.45) is 0 Å². The number of likely N-dealkylation sites (tertiary alicyclic amines) is 1. The summed E-state index contributed by atoms with van der Waals surface area (Å²) in [5.41, 5.74) is 4.66. The number of para-hydroxylation sites is 1. The molecule has 2 aliphatic rings. The van der Waals surface area contributed by atoms with Crippen molar-refractivity contribution in [3.8, 4) is 0 Å². The van der Waals surface area contributed by atoms with Crippen LogP contribution in [0.2, 0.25) is 5.02 Å². The monoisotopic (exact) mass is 509 g/mol. The normalized spacial score (nSPS) is 17.0. The SMILES string of the molecule is Cc1ccc(C2CCN(C(=O)Nc3c(Cl)cccc3C3=CCN(C(=O)OC(C)(C)C)CC3)CC2)cc1. The van der Waals surface area contributed by atoms with Crippen LogP contribution in [0.5, 0.6) is 0 Å². The number of amides is 3. The molecule has 1 N–H and O–H groups in total. The van der Waals surface area contributed by atoms with Crippen LogP contribution in [-0.2, 0) is 4.74 Å². The first-order valence-corrected chi connectivity index (χ1v) is 13.1. The lowest BCUT2D eigenvalue weighted by atomic mass is 9.89. The first-order valence-electron chi connectivity index (χ1n) is 12.7. The minimum Gasteiger partial charge on any atom is -0.444 e. The molecule has 0 atom stereocenters. The van der Waals surface area contributed by atoms with Gasteiger partial charge in [-0.05, 0) is 70.1 Å². The first-order chi connectivity index (χ1) is 17.1. The molecule has 2 heterocycles. The summed E-state index contributed by atoms with van der Waals surface area (Å²) in [6.07, 6.45) is 4.24. The van der Waals surface area contributed by atoms with Crippen LogP contribution < -0.4 is 5.32 Å². The summed E-state index contributed by atoms with van der Waals surface area (Å²) in [7, 11) is 0. The number of nitrogens with zero attached hydrogens (tertiary/aromatic N) is 2. The molecule has 192 valence electrons. The van der Waals surface area contributed by atoms with E-state index in [4.69, 9.17) is 16.3 Å². The Morgan fingerprint density at radius 3 is 2.31 bits per heavy atom. The summed E-state index contributed by atoms with van der Waals surface area (Å²) in [6.45, 7) is 10.1. The summed E-state index contributed by atoms with van der Waals surface area (Å²) in [4.78, 5) is 29.2. The molecular weight excluding hydrogens is 474 g/mol. The van der Waals surface area contributed by atoms with Gasteiger partial charge in [0.05, 0.1) is 10.7 Å². The standard InChI is InChI=1S/C29H36ClN3O3/c1-20-8-10-21(11-9-20)22-12-16-32(17-13-22)27(34)31-26-24(6-5-7-25(26)30)23-14-18-33(19-15-23)28(35)36-29(2,3)4/h5-11,14,22H,12-13,15-19H2,1-4H3,(H,31,34). The number of carbonyl (C=O) groups is 2. The van der Waals surface area contributed by atoms with Crippen molar-refractivity contribution in [1.29, 1.82) is 0 Å². The molecule has 0 radical (unpaired) electrons. The number of aryl methyl sites for hydroxylation is 1. The number of rotatable bonds is 3. The van der Waals surface area contributed by atoms with Crippen LogP contribution in [0.1, 0.15) is 62.6 Å². The molecule has 3 amide bonds. The van der Waals surface area contributed by atoms with Gasteiger partial charge in [-0.3, -0.25) is 0 Å². The number of benzene rings is 2. The van der Waals surface area contributed by atoms with Crippen molar-refractivity contribution < 1.29 is 14.3 Å². The zero-order chi connectivity index (χ0) is 25.9. The third-order valence-electron chi connectivity index (χ3n) is 6.78. The van der Waals surface area contributed by atoms with Gasteiger partial charge in [-0.1, -0.05) is 59.6 Å². The molecule has 7 heteroatoms. The second-order valence-electron chi connectivity index (χ2n) is 10.7. The van der Waals surface area contributed by atoms with Crippen LogP contribution in [-0.4, -0.2) is 53.7 Å². The highest BCUT2D eigenvalue weighted by atomic mass is 35.5. The Morgan fingerprint density at radius 2 is 1.69 bits per heavy atom. The molecule has 0 unspecified atom stereocenters. The van der Waals surface area contributed by atoms with Gasteiger partial charge < -0.3 is 19.9 Å². The molecule has 2 aliphatic heterocycles. The molecule has 1 fully saturated rings. The first kappa shape index (κ1) is 26.1. The number of piperidine rings is 1. The zero-order valence-corrected chi connectivity index (χ0v) is 22.4. The minimum atomic E-state index is -0.528. The number of hydrogen-bond acceptors (Lipinski definition) is 3. The third kappa shape index (κ3) is 6.41. The van der Waals surface area contributed by atoms with Gasteiger partial charge in [0.2, 0.25) is 0 Å². The maximum absolute atomic E-state index is 13.2. The van der Waals surface area contributed by atoms with Crippen LogP contribution in [0.15, 0.2) is 48.5 Å². The Kier molecular flexibility index (Phi) is 7.94. The van der Waals surface area contributed by atoms with Gasteiger partial charge in [0.15, 0.2) is 0 Å². The fraction of sp³-hybridized carbons (Fsp3) is 0.448. The van der Waals surface area contributed by atoms with E-state index in [1.165, 1.54) is 11.1 Å². The number of halogens is 1. The zero-order valence-electron chi connectivity index (χ0n) is 21.6. The van der Waals surface area contributed by atoms with E-state index in [9.17, 15) is 9.59 Å². The van der Waals surface area contributed by atoms with Gasteiger partial charge >= 0.3 is 12.1 Å². The van der Waals surface area contributed by atoms with Crippen molar-refractivity contribution >= 4 is 35.0 Å². The van der Waals surface area contributed by atoms with Crippen LogP contribution in [0, 0.1) is 6.92 Å². The predicted molar refractivity (Wildman–Crippen MR) is 146 cm³/mol. The van der Waals surface area contributed by atoms with Crippen LogP contribution in [0.4, 0.5) is 15.3 Å². The highest BCUT2D eigenvalue weighted by Crippen LogP contribution is 2.35. The molecule has 36 heavy (non-hydrogen) atoms. The molecule has 4 rings (SSSR count). The maximum Gasteiger partial charge on any atom is 0.410 e. The Bertz CT molecular complexity index is 1130. The van der Waals surface area contributed by atoms with Crippen LogP contribution >= 0.6 is 11.6 Å². The van der Waals surface area contributed by atoms with Crippen LogP contribution in [0.3, 0.4) is 0 Å².